The van der Waals surface area contributed by atoms with Gasteiger partial charge in [-0.05, 0) is 24.1 Å². The van der Waals surface area contributed by atoms with Gasteiger partial charge in [0.1, 0.15) is 0 Å². The molecule has 1 aromatic rings. The Balaban J connectivity index is 2.91. The van der Waals surface area contributed by atoms with Crippen molar-refractivity contribution in [2.75, 3.05) is 24.2 Å². The van der Waals surface area contributed by atoms with Crippen molar-refractivity contribution in [1.29, 1.82) is 0 Å². The minimum absolute atomic E-state index is 0.0309. The van der Waals surface area contributed by atoms with E-state index in [1.165, 1.54) is 12.1 Å². The number of nitrogen functional groups attached to an aromatic ring is 1. The van der Waals surface area contributed by atoms with E-state index in [1.54, 1.807) is 6.07 Å². The van der Waals surface area contributed by atoms with Crippen LogP contribution in [0.2, 0.25) is 0 Å². The Morgan fingerprint density at radius 3 is 2.59 bits per heavy atom. The summed E-state index contributed by atoms with van der Waals surface area (Å²) < 4.78 is 22.4. The van der Waals surface area contributed by atoms with E-state index >= 15 is 0 Å². The summed E-state index contributed by atoms with van der Waals surface area (Å²) in [5.74, 6) is 0.0642. The first-order chi connectivity index (χ1) is 7.82. The van der Waals surface area contributed by atoms with Gasteiger partial charge in [-0.25, -0.2) is 13.6 Å². The second-order valence-electron chi connectivity index (χ2n) is 4.00. The van der Waals surface area contributed by atoms with Crippen molar-refractivity contribution in [2.24, 2.45) is 11.1 Å². The van der Waals surface area contributed by atoms with Gasteiger partial charge >= 0.3 is 0 Å². The minimum atomic E-state index is -3.76. The normalized spacial score (nSPS) is 13.4. The number of hydrogen-bond donors (Lipinski definition) is 4. The van der Waals surface area contributed by atoms with Crippen LogP contribution in [0.25, 0.3) is 0 Å². The Kier molecular flexibility index (Phi) is 4.33. The zero-order chi connectivity index (χ0) is 13.1. The van der Waals surface area contributed by atoms with Crippen molar-refractivity contribution >= 4 is 21.4 Å². The predicted molar refractivity (Wildman–Crippen MR) is 67.0 cm³/mol. The molecule has 1 rings (SSSR count). The monoisotopic (exact) mass is 259 g/mol. The highest BCUT2D eigenvalue weighted by Crippen LogP contribution is 2.19. The molecule has 0 saturated carbocycles. The number of primary sulfonamides is 1. The van der Waals surface area contributed by atoms with Crippen molar-refractivity contribution in [1.82, 2.24) is 0 Å². The average Bonchev–Trinajstić information content (AvgIpc) is 2.24. The van der Waals surface area contributed by atoms with Crippen LogP contribution >= 0.6 is 0 Å². The molecule has 0 fully saturated rings. The number of rotatable bonds is 5. The fourth-order valence-corrected chi connectivity index (χ4v) is 1.84. The Morgan fingerprint density at radius 1 is 1.41 bits per heavy atom. The van der Waals surface area contributed by atoms with Gasteiger partial charge in [-0.2, -0.15) is 0 Å². The zero-order valence-corrected chi connectivity index (χ0v) is 10.4. The van der Waals surface area contributed by atoms with Gasteiger partial charge in [-0.15, -0.1) is 0 Å². The van der Waals surface area contributed by atoms with E-state index in [9.17, 15) is 8.42 Å². The van der Waals surface area contributed by atoms with Gasteiger partial charge in [0.2, 0.25) is 10.0 Å². The third kappa shape index (κ3) is 4.22. The smallest absolute Gasteiger partial charge is 0.238 e. The molecule has 0 saturated heterocycles. The lowest BCUT2D eigenvalue weighted by Gasteiger charge is -2.12. The summed E-state index contributed by atoms with van der Waals surface area (Å²) in [5.41, 5.74) is 6.47. The molecule has 96 valence electrons. The molecule has 7 heteroatoms. The molecule has 17 heavy (non-hydrogen) atoms. The first-order valence-electron chi connectivity index (χ1n) is 5.11. The molecule has 0 spiro atoms. The molecule has 0 amide bonds. The Hall–Kier alpha value is -1.31. The van der Waals surface area contributed by atoms with Gasteiger partial charge in [0.05, 0.1) is 4.90 Å². The van der Waals surface area contributed by atoms with Gasteiger partial charge in [0, 0.05) is 24.5 Å². The molecular formula is C10H17N3O3S. The summed E-state index contributed by atoms with van der Waals surface area (Å²) >= 11 is 0. The van der Waals surface area contributed by atoms with Gasteiger partial charge in [-0.3, -0.25) is 0 Å². The molecule has 6 N–H and O–H groups in total. The van der Waals surface area contributed by atoms with Crippen LogP contribution in [0.4, 0.5) is 11.4 Å². The van der Waals surface area contributed by atoms with E-state index in [-0.39, 0.29) is 17.4 Å². The Bertz CT molecular complexity index is 488. The minimum Gasteiger partial charge on any atom is -0.399 e. The first-order valence-corrected chi connectivity index (χ1v) is 6.65. The number of aliphatic hydroxyl groups excluding tert-OH is 1. The molecular weight excluding hydrogens is 242 g/mol. The van der Waals surface area contributed by atoms with Crippen LogP contribution in [-0.4, -0.2) is 26.7 Å². The van der Waals surface area contributed by atoms with Crippen LogP contribution in [0.3, 0.4) is 0 Å². The molecule has 0 bridgehead atoms. The lowest BCUT2D eigenvalue weighted by molar-refractivity contribution is 0.244. The molecule has 1 atom stereocenters. The number of sulfonamides is 1. The zero-order valence-electron chi connectivity index (χ0n) is 9.55. The SMILES string of the molecule is CC(CO)CNc1cc(N)cc(S(N)(=O)=O)c1. The summed E-state index contributed by atoms with van der Waals surface area (Å²) in [7, 11) is -3.76. The topological polar surface area (TPSA) is 118 Å². The standard InChI is InChI=1S/C10H17N3O3S/c1-7(6-14)5-13-9-2-8(11)3-10(4-9)17(12,15)16/h2-4,7,13-14H,5-6,11H2,1H3,(H2,12,15,16). The Morgan fingerprint density at radius 2 is 2.06 bits per heavy atom. The molecule has 0 aliphatic carbocycles. The van der Waals surface area contributed by atoms with Gasteiger partial charge in [0.25, 0.3) is 0 Å². The second kappa shape index (κ2) is 5.35. The van der Waals surface area contributed by atoms with Crippen molar-refractivity contribution in [3.8, 4) is 0 Å². The van der Waals surface area contributed by atoms with Crippen LogP contribution < -0.4 is 16.2 Å². The highest BCUT2D eigenvalue weighted by atomic mass is 32.2. The highest BCUT2D eigenvalue weighted by Gasteiger charge is 2.10. The predicted octanol–water partition coefficient (Wildman–Crippen LogP) is -0.0435. The quantitative estimate of drug-likeness (QED) is 0.553. The van der Waals surface area contributed by atoms with E-state index in [1.807, 2.05) is 6.92 Å². The van der Waals surface area contributed by atoms with Crippen LogP contribution in [0.15, 0.2) is 23.1 Å². The van der Waals surface area contributed by atoms with E-state index in [0.29, 0.717) is 17.9 Å². The van der Waals surface area contributed by atoms with Gasteiger partial charge < -0.3 is 16.2 Å². The highest BCUT2D eigenvalue weighted by molar-refractivity contribution is 7.89. The summed E-state index contributed by atoms with van der Waals surface area (Å²) in [4.78, 5) is -0.0309. The fraction of sp³-hybridized carbons (Fsp3) is 0.400. The number of aliphatic hydroxyl groups is 1. The lowest BCUT2D eigenvalue weighted by Crippen LogP contribution is -2.16. The second-order valence-corrected chi connectivity index (χ2v) is 5.57. The Labute approximate surface area is 101 Å². The number of nitrogens with one attached hydrogen (secondary N) is 1. The maximum absolute atomic E-state index is 11.2. The largest absolute Gasteiger partial charge is 0.399 e. The van der Waals surface area contributed by atoms with E-state index in [2.05, 4.69) is 5.32 Å². The van der Waals surface area contributed by atoms with Crippen LogP contribution in [0, 0.1) is 5.92 Å². The number of nitrogens with two attached hydrogens (primary N) is 2. The summed E-state index contributed by atoms with van der Waals surface area (Å²) in [6.45, 7) is 2.43. The molecule has 1 unspecified atom stereocenters. The van der Waals surface area contributed by atoms with Crippen molar-refractivity contribution in [3.05, 3.63) is 18.2 Å². The number of benzene rings is 1. The third-order valence-electron chi connectivity index (χ3n) is 2.22. The first kappa shape index (κ1) is 13.8. The number of anilines is 2. The van der Waals surface area contributed by atoms with E-state index in [0.717, 1.165) is 0 Å². The van der Waals surface area contributed by atoms with E-state index in [4.69, 9.17) is 16.0 Å². The van der Waals surface area contributed by atoms with Crippen LogP contribution in [0.1, 0.15) is 6.92 Å². The molecule has 1 aromatic carbocycles. The summed E-state index contributed by atoms with van der Waals surface area (Å²) in [6, 6.07) is 4.32. The van der Waals surface area contributed by atoms with Gasteiger partial charge in [-0.1, -0.05) is 6.92 Å². The molecule has 0 aliphatic heterocycles. The molecule has 0 heterocycles. The summed E-state index contributed by atoms with van der Waals surface area (Å²) in [6.07, 6.45) is 0. The fourth-order valence-electron chi connectivity index (χ4n) is 1.25. The van der Waals surface area contributed by atoms with Crippen LogP contribution in [0.5, 0.6) is 0 Å². The number of hydrogen-bond acceptors (Lipinski definition) is 5. The molecule has 6 nitrogen and oxygen atoms in total. The lowest BCUT2D eigenvalue weighted by atomic mass is 10.2. The van der Waals surface area contributed by atoms with Gasteiger partial charge in [0.15, 0.2) is 0 Å². The molecule has 0 aromatic heterocycles. The molecule has 0 aliphatic rings. The van der Waals surface area contributed by atoms with Crippen molar-refractivity contribution in [2.45, 2.75) is 11.8 Å². The van der Waals surface area contributed by atoms with Crippen molar-refractivity contribution in [3.63, 3.8) is 0 Å². The average molecular weight is 259 g/mol. The maximum Gasteiger partial charge on any atom is 0.238 e. The third-order valence-corrected chi connectivity index (χ3v) is 3.12. The summed E-state index contributed by atoms with van der Waals surface area (Å²) in [5, 5.41) is 16.9. The van der Waals surface area contributed by atoms with Crippen molar-refractivity contribution < 1.29 is 13.5 Å². The maximum atomic E-state index is 11.2. The van der Waals surface area contributed by atoms with Crippen LogP contribution in [-0.2, 0) is 10.0 Å². The van der Waals surface area contributed by atoms with E-state index < -0.39 is 10.0 Å². The molecule has 0 radical (unpaired) electrons.